The highest BCUT2D eigenvalue weighted by molar-refractivity contribution is 5.49. The van der Waals surface area contributed by atoms with Crippen LogP contribution in [0.2, 0.25) is 0 Å². The highest BCUT2D eigenvalue weighted by Gasteiger charge is 1.75. The fraction of sp³-hybridized carbons (Fsp3) is 0.100. The molecule has 0 saturated heterocycles. The van der Waals surface area contributed by atoms with Gasteiger partial charge in [-0.15, -0.1) is 0 Å². The fourth-order valence-corrected chi connectivity index (χ4v) is 0.589. The maximum atomic E-state index is 8.92. The minimum Gasteiger partial charge on any atom is -0.389 e. The van der Waals surface area contributed by atoms with Crippen LogP contribution in [0, 0.1) is 0 Å². The van der Waals surface area contributed by atoms with Crippen LogP contribution in [0.25, 0.3) is 6.08 Å². The van der Waals surface area contributed by atoms with Gasteiger partial charge < -0.3 is 9.90 Å². The zero-order valence-electron chi connectivity index (χ0n) is 6.81. The van der Waals surface area contributed by atoms with Crippen molar-refractivity contribution in [3.8, 4) is 0 Å². The van der Waals surface area contributed by atoms with Crippen LogP contribution in [0.1, 0.15) is 5.56 Å². The predicted octanol–water partition coefficient (Wildman–Crippen LogP) is 1.51. The second-order valence-electron chi connectivity index (χ2n) is 1.96. The van der Waals surface area contributed by atoms with Gasteiger partial charge in [0.15, 0.2) is 0 Å². The molecular weight excluding hydrogens is 152 g/mol. The van der Waals surface area contributed by atoms with E-state index in [-0.39, 0.29) is 6.61 Å². The predicted molar refractivity (Wildman–Crippen MR) is 49.7 cm³/mol. The maximum absolute atomic E-state index is 8.92. The van der Waals surface area contributed by atoms with Gasteiger partial charge in [0, 0.05) is 0 Å². The Balaban J connectivity index is 0.000000261. The van der Waals surface area contributed by atoms with E-state index in [1.807, 2.05) is 36.4 Å². The van der Waals surface area contributed by atoms with Gasteiger partial charge in [-0.3, -0.25) is 0 Å². The fourth-order valence-electron chi connectivity index (χ4n) is 0.589. The molecule has 1 N–H and O–H groups in total. The van der Waals surface area contributed by atoms with Crippen molar-refractivity contribution in [3.05, 3.63) is 42.5 Å². The lowest BCUT2D eigenvalue weighted by Gasteiger charge is -1.85. The number of rotatable bonds is 2. The largest absolute Gasteiger partial charge is 0.389 e. The Morgan fingerprint density at radius 1 is 1.33 bits per heavy atom. The number of hydrogen-bond acceptors (Lipinski definition) is 2. The lowest BCUT2D eigenvalue weighted by Crippen LogP contribution is -1.75. The third-order valence-electron chi connectivity index (χ3n) is 1.11. The van der Waals surface area contributed by atoms with Crippen LogP contribution in [-0.2, 0) is 4.79 Å². The lowest BCUT2D eigenvalue weighted by atomic mass is 10.2. The van der Waals surface area contributed by atoms with E-state index >= 15 is 0 Å². The first-order valence-corrected chi connectivity index (χ1v) is 3.57. The van der Waals surface area contributed by atoms with Gasteiger partial charge in [-0.1, -0.05) is 43.0 Å². The summed E-state index contributed by atoms with van der Waals surface area (Å²) in [4.78, 5) is 8.92. The summed E-state index contributed by atoms with van der Waals surface area (Å²) in [5.41, 5.74) is 1.17. The standard InChI is InChI=1S/C8H8.C2H4O2/c1-2-8-6-4-3-5-7-8;3-1-2-4/h2-7H,1H2;1,4H,2H2. The van der Waals surface area contributed by atoms with Crippen LogP contribution in [0.4, 0.5) is 0 Å². The number of carbonyl (C=O) groups is 1. The van der Waals surface area contributed by atoms with Crippen molar-refractivity contribution in [2.24, 2.45) is 0 Å². The Hall–Kier alpha value is -1.41. The molecule has 64 valence electrons. The summed E-state index contributed by atoms with van der Waals surface area (Å²) < 4.78 is 0. The molecule has 0 bridgehead atoms. The molecule has 0 atom stereocenters. The summed E-state index contributed by atoms with van der Waals surface area (Å²) in [6.07, 6.45) is 2.26. The lowest BCUT2D eigenvalue weighted by molar-refractivity contribution is -0.110. The Morgan fingerprint density at radius 3 is 2.08 bits per heavy atom. The molecule has 1 aromatic carbocycles. The third-order valence-corrected chi connectivity index (χ3v) is 1.11. The van der Waals surface area contributed by atoms with E-state index in [1.54, 1.807) is 0 Å². The monoisotopic (exact) mass is 164 g/mol. The summed E-state index contributed by atoms with van der Waals surface area (Å²) in [5, 5.41) is 7.51. The first kappa shape index (κ1) is 10.6. The quantitative estimate of drug-likeness (QED) is 0.673. The van der Waals surface area contributed by atoms with Crippen LogP contribution in [0.3, 0.4) is 0 Å². The van der Waals surface area contributed by atoms with Crippen molar-refractivity contribution in [2.45, 2.75) is 0 Å². The molecule has 0 aliphatic heterocycles. The highest BCUT2D eigenvalue weighted by atomic mass is 16.3. The second-order valence-corrected chi connectivity index (χ2v) is 1.96. The van der Waals surface area contributed by atoms with Crippen molar-refractivity contribution in [1.82, 2.24) is 0 Å². The molecule has 0 amide bonds. The third kappa shape index (κ3) is 5.38. The van der Waals surface area contributed by atoms with Crippen LogP contribution in [0.15, 0.2) is 36.9 Å². The van der Waals surface area contributed by atoms with E-state index in [4.69, 9.17) is 9.90 Å². The number of aliphatic hydroxyl groups excluding tert-OH is 1. The van der Waals surface area contributed by atoms with Gasteiger partial charge in [0.25, 0.3) is 0 Å². The van der Waals surface area contributed by atoms with Crippen LogP contribution in [-0.4, -0.2) is 18.0 Å². The van der Waals surface area contributed by atoms with Crippen LogP contribution >= 0.6 is 0 Å². The Bertz CT molecular complexity index is 217. The molecule has 2 nitrogen and oxygen atoms in total. The maximum Gasteiger partial charge on any atom is 0.145 e. The molecule has 0 aliphatic carbocycles. The molecule has 0 heterocycles. The minimum absolute atomic E-state index is 0.361. The number of benzene rings is 1. The molecule has 0 spiro atoms. The topological polar surface area (TPSA) is 37.3 Å². The molecule has 2 heteroatoms. The van der Waals surface area contributed by atoms with Crippen molar-refractivity contribution in [1.29, 1.82) is 0 Å². The highest BCUT2D eigenvalue weighted by Crippen LogP contribution is 1.97. The average molecular weight is 164 g/mol. The molecule has 0 fully saturated rings. The van der Waals surface area contributed by atoms with Crippen molar-refractivity contribution in [3.63, 3.8) is 0 Å². The molecule has 12 heavy (non-hydrogen) atoms. The minimum atomic E-state index is -0.361. The molecule has 1 aromatic rings. The summed E-state index contributed by atoms with van der Waals surface area (Å²) in [6.45, 7) is 3.27. The van der Waals surface area contributed by atoms with Gasteiger partial charge >= 0.3 is 0 Å². The van der Waals surface area contributed by atoms with Crippen molar-refractivity contribution >= 4 is 12.4 Å². The van der Waals surface area contributed by atoms with Crippen LogP contribution in [0.5, 0.6) is 0 Å². The molecule has 0 radical (unpaired) electrons. The first-order valence-electron chi connectivity index (χ1n) is 3.57. The summed E-state index contributed by atoms with van der Waals surface area (Å²) in [6, 6.07) is 10.0. The Morgan fingerprint density at radius 2 is 1.83 bits per heavy atom. The molecule has 0 unspecified atom stereocenters. The van der Waals surface area contributed by atoms with E-state index < -0.39 is 0 Å². The summed E-state index contributed by atoms with van der Waals surface area (Å²) in [5.74, 6) is 0. The van der Waals surface area contributed by atoms with Crippen molar-refractivity contribution < 1.29 is 9.90 Å². The molecule has 1 rings (SSSR count). The normalized spacial score (nSPS) is 7.75. The molecular formula is C10H12O2. The number of aliphatic hydroxyl groups is 1. The zero-order valence-corrected chi connectivity index (χ0v) is 6.81. The smallest absolute Gasteiger partial charge is 0.145 e. The summed E-state index contributed by atoms with van der Waals surface area (Å²) >= 11 is 0. The average Bonchev–Trinajstić information content (AvgIpc) is 2.19. The van der Waals surface area contributed by atoms with Crippen molar-refractivity contribution in [2.75, 3.05) is 6.61 Å². The second kappa shape index (κ2) is 7.69. The van der Waals surface area contributed by atoms with Gasteiger partial charge in [-0.05, 0) is 5.56 Å². The number of aldehydes is 1. The molecule has 0 saturated carbocycles. The van der Waals surface area contributed by atoms with Gasteiger partial charge in [0.2, 0.25) is 0 Å². The van der Waals surface area contributed by atoms with Gasteiger partial charge in [-0.25, -0.2) is 0 Å². The van der Waals surface area contributed by atoms with E-state index in [2.05, 4.69) is 6.58 Å². The van der Waals surface area contributed by atoms with Crippen LogP contribution < -0.4 is 0 Å². The first-order chi connectivity index (χ1) is 5.85. The summed E-state index contributed by atoms with van der Waals surface area (Å²) in [7, 11) is 0. The van der Waals surface area contributed by atoms with E-state index in [9.17, 15) is 0 Å². The van der Waals surface area contributed by atoms with E-state index in [0.29, 0.717) is 6.29 Å². The molecule has 0 aromatic heterocycles. The number of hydrogen-bond donors (Lipinski definition) is 1. The Labute approximate surface area is 72.2 Å². The van der Waals surface area contributed by atoms with Gasteiger partial charge in [0.05, 0.1) is 6.61 Å². The van der Waals surface area contributed by atoms with E-state index in [0.717, 1.165) is 0 Å². The SMILES string of the molecule is C=Cc1ccccc1.O=CCO. The molecule has 0 aliphatic rings. The zero-order chi connectivity index (χ0) is 9.23. The van der Waals surface area contributed by atoms with E-state index in [1.165, 1.54) is 5.56 Å². The van der Waals surface area contributed by atoms with Gasteiger partial charge in [-0.2, -0.15) is 0 Å². The van der Waals surface area contributed by atoms with Gasteiger partial charge in [0.1, 0.15) is 6.29 Å². The number of carbonyl (C=O) groups excluding carboxylic acids is 1. The Kier molecular flexibility index (Phi) is 6.79.